The number of benzene rings is 2. The van der Waals surface area contributed by atoms with E-state index in [0.29, 0.717) is 19.1 Å². The molecule has 2 aromatic rings. The molecule has 3 atom stereocenters. The molecule has 5 heteroatoms. The number of amides is 1. The van der Waals surface area contributed by atoms with Crippen molar-refractivity contribution in [2.45, 2.75) is 31.2 Å². The van der Waals surface area contributed by atoms with E-state index in [1.807, 2.05) is 36.4 Å². The first-order valence-corrected chi connectivity index (χ1v) is 10.0. The fraction of sp³-hybridized carbons (Fsp3) is 0.409. The molecule has 0 spiro atoms. The van der Waals surface area contributed by atoms with Crippen molar-refractivity contribution in [3.05, 3.63) is 58.6 Å². The van der Waals surface area contributed by atoms with Crippen LogP contribution in [0.4, 0.5) is 0 Å². The van der Waals surface area contributed by atoms with E-state index in [-0.39, 0.29) is 23.8 Å². The van der Waals surface area contributed by atoms with Gasteiger partial charge in [-0.05, 0) is 60.4 Å². The number of carbonyl (C=O) groups is 1. The first kappa shape index (κ1) is 16.9. The van der Waals surface area contributed by atoms with Gasteiger partial charge in [0.25, 0.3) is 0 Å². The molecule has 1 heterocycles. The van der Waals surface area contributed by atoms with Gasteiger partial charge in [0, 0.05) is 10.9 Å². The molecule has 140 valence electrons. The lowest BCUT2D eigenvalue weighted by Gasteiger charge is -2.23. The van der Waals surface area contributed by atoms with Gasteiger partial charge in [-0.1, -0.05) is 35.9 Å². The molecule has 2 aromatic carbocycles. The van der Waals surface area contributed by atoms with Gasteiger partial charge >= 0.3 is 0 Å². The van der Waals surface area contributed by atoms with Gasteiger partial charge in [0.05, 0.1) is 6.04 Å². The summed E-state index contributed by atoms with van der Waals surface area (Å²) in [7, 11) is 0. The van der Waals surface area contributed by atoms with Crippen molar-refractivity contribution >= 4 is 17.5 Å². The van der Waals surface area contributed by atoms with E-state index in [4.69, 9.17) is 21.1 Å². The van der Waals surface area contributed by atoms with Crippen molar-refractivity contribution in [2.24, 2.45) is 11.8 Å². The maximum Gasteiger partial charge on any atom is 0.224 e. The fourth-order valence-electron chi connectivity index (χ4n) is 4.02. The Kier molecular flexibility index (Phi) is 4.24. The van der Waals surface area contributed by atoms with Gasteiger partial charge in [0.1, 0.15) is 13.2 Å². The van der Waals surface area contributed by atoms with Gasteiger partial charge < -0.3 is 14.8 Å². The molecule has 0 aromatic heterocycles. The Morgan fingerprint density at radius 3 is 2.63 bits per heavy atom. The van der Waals surface area contributed by atoms with Crippen molar-refractivity contribution in [3.63, 3.8) is 0 Å². The van der Waals surface area contributed by atoms with Crippen LogP contribution in [0.15, 0.2) is 42.5 Å². The van der Waals surface area contributed by atoms with Gasteiger partial charge in [-0.3, -0.25) is 4.79 Å². The summed E-state index contributed by atoms with van der Waals surface area (Å²) in [4.78, 5) is 12.9. The Morgan fingerprint density at radius 2 is 1.85 bits per heavy atom. The number of nitrogens with one attached hydrogen (secondary N) is 1. The van der Waals surface area contributed by atoms with Crippen LogP contribution in [0, 0.1) is 11.8 Å². The Hall–Kier alpha value is -2.20. The summed E-state index contributed by atoms with van der Waals surface area (Å²) in [6.45, 7) is 1.15. The van der Waals surface area contributed by atoms with E-state index in [9.17, 15) is 4.79 Å². The van der Waals surface area contributed by atoms with Crippen molar-refractivity contribution in [1.29, 1.82) is 0 Å². The molecular weight excluding hydrogens is 362 g/mol. The van der Waals surface area contributed by atoms with Crippen LogP contribution in [0.3, 0.4) is 0 Å². The minimum Gasteiger partial charge on any atom is -0.486 e. The van der Waals surface area contributed by atoms with Gasteiger partial charge in [0.2, 0.25) is 5.91 Å². The summed E-state index contributed by atoms with van der Waals surface area (Å²) in [5, 5.41) is 4.06. The molecule has 3 unspecified atom stereocenters. The van der Waals surface area contributed by atoms with Gasteiger partial charge in [0.15, 0.2) is 11.5 Å². The van der Waals surface area contributed by atoms with Crippen molar-refractivity contribution in [3.8, 4) is 11.5 Å². The maximum absolute atomic E-state index is 12.9. The zero-order valence-electron chi connectivity index (χ0n) is 15.0. The lowest BCUT2D eigenvalue weighted by molar-refractivity contribution is -0.123. The minimum atomic E-state index is 0.0170. The van der Waals surface area contributed by atoms with Gasteiger partial charge in [-0.15, -0.1) is 0 Å². The first-order chi connectivity index (χ1) is 13.2. The molecule has 27 heavy (non-hydrogen) atoms. The van der Waals surface area contributed by atoms with Crippen molar-refractivity contribution in [1.82, 2.24) is 5.32 Å². The average Bonchev–Trinajstić information content (AvgIpc) is 3.60. The maximum atomic E-state index is 12.9. The summed E-state index contributed by atoms with van der Waals surface area (Å²) in [5.74, 6) is 2.45. The van der Waals surface area contributed by atoms with Crippen LogP contribution in [-0.4, -0.2) is 19.1 Å². The SMILES string of the molecule is O=C(NC(c1ccc2c(c1)OCCO2)C1CC1)C1CC1c1ccccc1Cl. The number of halogens is 1. The van der Waals surface area contributed by atoms with Crippen molar-refractivity contribution in [2.75, 3.05) is 13.2 Å². The summed E-state index contributed by atoms with van der Waals surface area (Å²) < 4.78 is 11.3. The van der Waals surface area contributed by atoms with Crippen LogP contribution in [-0.2, 0) is 4.79 Å². The predicted molar refractivity (Wildman–Crippen MR) is 103 cm³/mol. The number of hydrogen-bond donors (Lipinski definition) is 1. The summed E-state index contributed by atoms with van der Waals surface area (Å²) >= 11 is 6.30. The van der Waals surface area contributed by atoms with Gasteiger partial charge in [-0.25, -0.2) is 0 Å². The molecule has 0 saturated heterocycles. The molecule has 4 nitrogen and oxygen atoms in total. The minimum absolute atomic E-state index is 0.0170. The van der Waals surface area contributed by atoms with Crippen LogP contribution in [0.1, 0.15) is 42.3 Å². The third-order valence-electron chi connectivity index (χ3n) is 5.75. The Bertz CT molecular complexity index is 880. The molecule has 0 radical (unpaired) electrons. The van der Waals surface area contributed by atoms with E-state index in [2.05, 4.69) is 11.4 Å². The molecule has 5 rings (SSSR count). The van der Waals surface area contributed by atoms with E-state index in [1.165, 1.54) is 0 Å². The molecule has 3 aliphatic rings. The molecule has 2 aliphatic carbocycles. The Labute approximate surface area is 163 Å². The number of rotatable bonds is 5. The second kappa shape index (κ2) is 6.75. The lowest BCUT2D eigenvalue weighted by atomic mass is 10.0. The van der Waals surface area contributed by atoms with E-state index in [0.717, 1.165) is 46.9 Å². The normalized spacial score (nSPS) is 24.2. The third-order valence-corrected chi connectivity index (χ3v) is 6.09. The zero-order chi connectivity index (χ0) is 18.4. The topological polar surface area (TPSA) is 47.6 Å². The number of carbonyl (C=O) groups excluding carboxylic acids is 1. The van der Waals surface area contributed by atoms with Crippen LogP contribution in [0.5, 0.6) is 11.5 Å². The van der Waals surface area contributed by atoms with Crippen LogP contribution >= 0.6 is 11.6 Å². The Morgan fingerprint density at radius 1 is 1.07 bits per heavy atom. The summed E-state index contributed by atoms with van der Waals surface area (Å²) in [5.41, 5.74) is 2.19. The molecular formula is C22H22ClNO3. The quantitative estimate of drug-likeness (QED) is 0.827. The molecule has 1 N–H and O–H groups in total. The standard InChI is InChI=1S/C22H22ClNO3/c23-18-4-2-1-3-15(18)16-12-17(16)22(25)24-21(13-5-6-13)14-7-8-19-20(11-14)27-10-9-26-19/h1-4,7-8,11,13,16-17,21H,5-6,9-10,12H2,(H,24,25). The number of ether oxygens (including phenoxy) is 2. The van der Waals surface area contributed by atoms with E-state index < -0.39 is 0 Å². The van der Waals surface area contributed by atoms with Crippen LogP contribution < -0.4 is 14.8 Å². The van der Waals surface area contributed by atoms with Crippen molar-refractivity contribution < 1.29 is 14.3 Å². The van der Waals surface area contributed by atoms with Crippen LogP contribution in [0.25, 0.3) is 0 Å². The molecule has 2 saturated carbocycles. The molecule has 1 amide bonds. The highest BCUT2D eigenvalue weighted by atomic mass is 35.5. The zero-order valence-corrected chi connectivity index (χ0v) is 15.7. The van der Waals surface area contributed by atoms with Crippen LogP contribution in [0.2, 0.25) is 5.02 Å². The lowest BCUT2D eigenvalue weighted by Crippen LogP contribution is -2.31. The smallest absolute Gasteiger partial charge is 0.224 e. The van der Waals surface area contributed by atoms with E-state index >= 15 is 0 Å². The van der Waals surface area contributed by atoms with E-state index in [1.54, 1.807) is 0 Å². The first-order valence-electron chi connectivity index (χ1n) is 9.65. The number of hydrogen-bond acceptors (Lipinski definition) is 3. The summed E-state index contributed by atoms with van der Waals surface area (Å²) in [6.07, 6.45) is 3.17. The fourth-order valence-corrected chi connectivity index (χ4v) is 4.30. The molecule has 2 fully saturated rings. The second-order valence-electron chi connectivity index (χ2n) is 7.70. The second-order valence-corrected chi connectivity index (χ2v) is 8.10. The molecule has 1 aliphatic heterocycles. The largest absolute Gasteiger partial charge is 0.486 e. The van der Waals surface area contributed by atoms with Gasteiger partial charge in [-0.2, -0.15) is 0 Å². The highest BCUT2D eigenvalue weighted by Crippen LogP contribution is 2.51. The number of fused-ring (bicyclic) bond motifs is 1. The highest BCUT2D eigenvalue weighted by Gasteiger charge is 2.46. The average molecular weight is 384 g/mol. The highest BCUT2D eigenvalue weighted by molar-refractivity contribution is 6.31. The third kappa shape index (κ3) is 3.39. The monoisotopic (exact) mass is 383 g/mol. The predicted octanol–water partition coefficient (Wildman–Crippen LogP) is 4.48. The summed E-state index contributed by atoms with van der Waals surface area (Å²) in [6, 6.07) is 13.9. The molecule has 0 bridgehead atoms. The Balaban J connectivity index is 1.31.